The Labute approximate surface area is 254 Å². The number of hydrogen-bond acceptors (Lipinski definition) is 0. The van der Waals surface area contributed by atoms with Gasteiger partial charge in [-0.25, -0.2) is 0 Å². The second-order valence-electron chi connectivity index (χ2n) is 12.3. The average Bonchev–Trinajstić information content (AvgIpc) is 3.51. The SMILES string of the molecule is CCC1=Cc2c(ccc(C)c2-c2cc(C(C)C)cc(C(C)C)c2)[CH]1[Zr]([Cl])([Cl])[c]1cccc2c1[SiH2]c1ccccc1-2. The molecule has 6 rings (SSSR count). The predicted molar refractivity (Wildman–Crippen MR) is 177 cm³/mol. The Morgan fingerprint density at radius 3 is 2.17 bits per heavy atom. The van der Waals surface area contributed by atoms with E-state index in [1.807, 2.05) is 0 Å². The van der Waals surface area contributed by atoms with Gasteiger partial charge in [-0.1, -0.05) is 0 Å². The van der Waals surface area contributed by atoms with E-state index in [0.717, 1.165) is 6.42 Å². The number of benzene rings is 4. The van der Waals surface area contributed by atoms with Crippen molar-refractivity contribution in [1.82, 2.24) is 0 Å². The van der Waals surface area contributed by atoms with Crippen LogP contribution in [0.15, 0.2) is 78.4 Å². The minimum atomic E-state index is -3.95. The molecule has 0 aromatic heterocycles. The first-order chi connectivity index (χ1) is 19.1. The van der Waals surface area contributed by atoms with E-state index in [9.17, 15) is 0 Å². The van der Waals surface area contributed by atoms with Crippen LogP contribution in [0.2, 0.25) is 0 Å². The van der Waals surface area contributed by atoms with Crippen LogP contribution in [-0.4, -0.2) is 9.52 Å². The van der Waals surface area contributed by atoms with Gasteiger partial charge in [0.2, 0.25) is 0 Å². The Hall–Kier alpha value is -1.70. The molecule has 0 fully saturated rings. The first kappa shape index (κ1) is 28.4. The van der Waals surface area contributed by atoms with Gasteiger partial charge in [0.1, 0.15) is 0 Å². The van der Waals surface area contributed by atoms with Crippen LogP contribution < -0.4 is 13.6 Å². The quantitative estimate of drug-likeness (QED) is 0.160. The molecule has 204 valence electrons. The van der Waals surface area contributed by atoms with Crippen LogP contribution in [0.25, 0.3) is 28.3 Å². The van der Waals surface area contributed by atoms with Crippen molar-refractivity contribution in [1.29, 1.82) is 0 Å². The van der Waals surface area contributed by atoms with Crippen molar-refractivity contribution >= 4 is 46.3 Å². The third-order valence-electron chi connectivity index (χ3n) is 9.08. The fourth-order valence-electron chi connectivity index (χ4n) is 6.85. The van der Waals surface area contributed by atoms with Crippen LogP contribution in [0.1, 0.15) is 84.3 Å². The summed E-state index contributed by atoms with van der Waals surface area (Å²) in [5, 5.41) is 3.01. The molecule has 0 saturated carbocycles. The van der Waals surface area contributed by atoms with Crippen LogP contribution in [-0.2, 0) is 17.9 Å². The third kappa shape index (κ3) is 4.68. The number of fused-ring (bicyclic) bond motifs is 4. The molecule has 40 heavy (non-hydrogen) atoms. The number of allylic oxidation sites excluding steroid dienone is 1. The Morgan fingerprint density at radius 2 is 1.50 bits per heavy atom. The van der Waals surface area contributed by atoms with Crippen LogP contribution >= 0.6 is 17.0 Å². The Morgan fingerprint density at radius 1 is 0.825 bits per heavy atom. The summed E-state index contributed by atoms with van der Waals surface area (Å²) in [5.74, 6) is 0.957. The van der Waals surface area contributed by atoms with E-state index < -0.39 is 27.4 Å². The zero-order valence-corrected chi connectivity index (χ0v) is 29.8. The molecule has 1 unspecified atom stereocenters. The molecule has 0 nitrogen and oxygen atoms in total. The average molecular weight is 661 g/mol. The van der Waals surface area contributed by atoms with E-state index in [-0.39, 0.29) is 3.63 Å². The van der Waals surface area contributed by atoms with Crippen LogP contribution in [0.3, 0.4) is 0 Å². The third-order valence-corrected chi connectivity index (χ3v) is 23.4. The van der Waals surface area contributed by atoms with Crippen LogP contribution in [0.4, 0.5) is 0 Å². The molecular weight excluding hydrogens is 623 g/mol. The first-order valence-corrected chi connectivity index (χ1v) is 25.1. The second-order valence-corrected chi connectivity index (χ2v) is 28.1. The van der Waals surface area contributed by atoms with Gasteiger partial charge in [0.05, 0.1) is 0 Å². The van der Waals surface area contributed by atoms with Crippen molar-refractivity contribution in [2.45, 2.75) is 63.4 Å². The standard InChI is InChI=1S/C24H29.C12H9Si.2ClH.Zr/c1-7-18-10-19-9-8-17(6)24(23(19)11-18)22-13-20(15(2)3)12-21(14-22)16(4)5;1-3-7-11-9(5-1)10-6-2-4-8-12(10)13-11;;;/h8-16H,7H2,1-6H3;1-7H,13H2;2*1H;/q;;;;+2/p-2. The zero-order valence-electron chi connectivity index (χ0n) is 24.4. The fourth-order valence-corrected chi connectivity index (χ4v) is 23.9. The van der Waals surface area contributed by atoms with Gasteiger partial charge in [0.25, 0.3) is 0 Å². The molecule has 1 heterocycles. The van der Waals surface area contributed by atoms with Gasteiger partial charge in [0, 0.05) is 0 Å². The number of rotatable bonds is 6. The molecule has 0 saturated heterocycles. The van der Waals surface area contributed by atoms with E-state index in [0.29, 0.717) is 11.8 Å². The van der Waals surface area contributed by atoms with Crippen molar-refractivity contribution in [2.24, 2.45) is 0 Å². The Balaban J connectivity index is 1.52. The Kier molecular flexibility index (Phi) is 7.71. The summed E-state index contributed by atoms with van der Waals surface area (Å²) in [5.41, 5.74) is 13.6. The molecule has 4 heteroatoms. The maximum atomic E-state index is 7.82. The van der Waals surface area contributed by atoms with Crippen molar-refractivity contribution in [3.8, 4) is 22.3 Å². The second kappa shape index (κ2) is 10.9. The van der Waals surface area contributed by atoms with E-state index in [1.54, 1.807) is 0 Å². The molecule has 1 aliphatic heterocycles. The van der Waals surface area contributed by atoms with Crippen LogP contribution in [0.5, 0.6) is 0 Å². The molecule has 4 aromatic rings. The van der Waals surface area contributed by atoms with Gasteiger partial charge >= 0.3 is 256 Å². The number of halogens is 2. The van der Waals surface area contributed by atoms with Gasteiger partial charge in [-0.2, -0.15) is 0 Å². The zero-order chi connectivity index (χ0) is 28.3. The Bertz CT molecular complexity index is 1640. The van der Waals surface area contributed by atoms with Crippen molar-refractivity contribution in [2.75, 3.05) is 0 Å². The summed E-state index contributed by atoms with van der Waals surface area (Å²) in [6.45, 7) is 13.7. The molecule has 0 radical (unpaired) electrons. The molecular formula is C36H38Cl2SiZr. The number of hydrogen-bond donors (Lipinski definition) is 0. The van der Waals surface area contributed by atoms with E-state index in [2.05, 4.69) is 120 Å². The summed E-state index contributed by atoms with van der Waals surface area (Å²) in [6.07, 6.45) is 3.41. The van der Waals surface area contributed by atoms with E-state index >= 15 is 0 Å². The summed E-state index contributed by atoms with van der Waals surface area (Å²) in [7, 11) is 15.0. The van der Waals surface area contributed by atoms with Crippen molar-refractivity contribution in [3.05, 3.63) is 106 Å². The van der Waals surface area contributed by atoms with Crippen molar-refractivity contribution in [3.63, 3.8) is 0 Å². The van der Waals surface area contributed by atoms with Crippen molar-refractivity contribution < 1.29 is 17.9 Å². The number of aryl methyl sites for hydroxylation is 1. The summed E-state index contributed by atoms with van der Waals surface area (Å²) < 4.78 is 1.43. The van der Waals surface area contributed by atoms with Gasteiger partial charge in [-0.3, -0.25) is 0 Å². The summed E-state index contributed by atoms with van der Waals surface area (Å²) in [4.78, 5) is 0. The monoisotopic (exact) mass is 658 g/mol. The fraction of sp³-hybridized carbons (Fsp3) is 0.278. The molecule has 1 atom stereocenters. The first-order valence-electron chi connectivity index (χ1n) is 14.7. The van der Waals surface area contributed by atoms with Gasteiger partial charge < -0.3 is 0 Å². The van der Waals surface area contributed by atoms with Gasteiger partial charge in [-0.05, 0) is 0 Å². The normalized spacial score (nSPS) is 16.4. The predicted octanol–water partition coefficient (Wildman–Crippen LogP) is 8.64. The molecule has 1 aliphatic carbocycles. The van der Waals surface area contributed by atoms with E-state index in [1.165, 1.54) is 69.3 Å². The van der Waals surface area contributed by atoms with E-state index in [4.69, 9.17) is 17.0 Å². The molecule has 0 N–H and O–H groups in total. The molecule has 4 aromatic carbocycles. The van der Waals surface area contributed by atoms with Gasteiger partial charge in [-0.15, -0.1) is 0 Å². The summed E-state index contributed by atoms with van der Waals surface area (Å²) in [6, 6.07) is 27.5. The molecule has 0 amide bonds. The molecule has 2 aliphatic rings. The molecule has 0 spiro atoms. The topological polar surface area (TPSA) is 0 Å². The van der Waals surface area contributed by atoms with Gasteiger partial charge in [0.15, 0.2) is 0 Å². The van der Waals surface area contributed by atoms with Crippen LogP contribution in [0, 0.1) is 6.92 Å². The maximum absolute atomic E-state index is 7.82. The molecule has 0 bridgehead atoms. The minimum absolute atomic E-state index is 0.124. The summed E-state index contributed by atoms with van der Waals surface area (Å²) >= 11 is -3.95.